The molecule has 3 heteroatoms. The first-order valence-electron chi connectivity index (χ1n) is 4.55. The number of hydrazine groups is 1. The number of aromatic nitrogens is 1. The van der Waals surface area contributed by atoms with Gasteiger partial charge in [0.05, 0.1) is 11.7 Å². The average Bonchev–Trinajstić information content (AvgIpc) is 2.04. The number of aryl methyl sites for hydroxylation is 1. The molecule has 1 aromatic heterocycles. The topological polar surface area (TPSA) is 50.9 Å². The lowest BCUT2D eigenvalue weighted by molar-refractivity contribution is 0.412. The van der Waals surface area contributed by atoms with Crippen molar-refractivity contribution in [2.75, 3.05) is 0 Å². The third-order valence-electron chi connectivity index (χ3n) is 2.07. The molecule has 0 amide bonds. The molecule has 13 heavy (non-hydrogen) atoms. The van der Waals surface area contributed by atoms with Crippen LogP contribution in [0, 0.1) is 12.8 Å². The summed E-state index contributed by atoms with van der Waals surface area (Å²) in [5.74, 6) is 5.91. The highest BCUT2D eigenvalue weighted by molar-refractivity contribution is 5.13. The van der Waals surface area contributed by atoms with Crippen LogP contribution in [-0.2, 0) is 0 Å². The Morgan fingerprint density at radius 1 is 1.38 bits per heavy atom. The summed E-state index contributed by atoms with van der Waals surface area (Å²) in [6.45, 7) is 6.22. The van der Waals surface area contributed by atoms with Crippen molar-refractivity contribution < 1.29 is 0 Å². The lowest BCUT2D eigenvalue weighted by Crippen LogP contribution is -2.32. The molecule has 3 nitrogen and oxygen atoms in total. The lowest BCUT2D eigenvalue weighted by Gasteiger charge is -2.19. The third kappa shape index (κ3) is 2.50. The summed E-state index contributed by atoms with van der Waals surface area (Å²) in [5, 5.41) is 0. The van der Waals surface area contributed by atoms with Crippen LogP contribution in [0.3, 0.4) is 0 Å². The van der Waals surface area contributed by atoms with Gasteiger partial charge >= 0.3 is 0 Å². The maximum Gasteiger partial charge on any atom is 0.0655 e. The Bertz CT molecular complexity index is 271. The van der Waals surface area contributed by atoms with Gasteiger partial charge in [-0.15, -0.1) is 0 Å². The minimum Gasteiger partial charge on any atom is -0.271 e. The van der Waals surface area contributed by atoms with Gasteiger partial charge in [-0.3, -0.25) is 16.3 Å². The van der Waals surface area contributed by atoms with Gasteiger partial charge in [0.15, 0.2) is 0 Å². The number of nitrogens with one attached hydrogen (secondary N) is 1. The Kier molecular flexibility index (Phi) is 3.39. The molecule has 0 saturated carbocycles. The SMILES string of the molecule is Cc1cccc(C(NN)C(C)C)n1. The predicted octanol–water partition coefficient (Wildman–Crippen LogP) is 1.55. The van der Waals surface area contributed by atoms with Gasteiger partial charge in [-0.2, -0.15) is 0 Å². The van der Waals surface area contributed by atoms with Crippen LogP contribution in [0.2, 0.25) is 0 Å². The van der Waals surface area contributed by atoms with Crippen molar-refractivity contribution in [3.8, 4) is 0 Å². The van der Waals surface area contributed by atoms with Gasteiger partial charge in [0.25, 0.3) is 0 Å². The number of nitrogens with two attached hydrogens (primary N) is 1. The molecule has 1 atom stereocenters. The van der Waals surface area contributed by atoms with E-state index < -0.39 is 0 Å². The van der Waals surface area contributed by atoms with Crippen LogP contribution in [0.25, 0.3) is 0 Å². The number of nitrogens with zero attached hydrogens (tertiary/aromatic N) is 1. The van der Waals surface area contributed by atoms with Crippen molar-refractivity contribution in [1.29, 1.82) is 0 Å². The molecule has 3 N–H and O–H groups in total. The second-order valence-corrected chi connectivity index (χ2v) is 3.59. The van der Waals surface area contributed by atoms with Gasteiger partial charge < -0.3 is 0 Å². The third-order valence-corrected chi connectivity index (χ3v) is 2.07. The molecule has 0 radical (unpaired) electrons. The number of hydrogen-bond acceptors (Lipinski definition) is 3. The van der Waals surface area contributed by atoms with Crippen LogP contribution < -0.4 is 11.3 Å². The predicted molar refractivity (Wildman–Crippen MR) is 53.9 cm³/mol. The summed E-state index contributed by atoms with van der Waals surface area (Å²) in [6.07, 6.45) is 0. The van der Waals surface area contributed by atoms with E-state index in [4.69, 9.17) is 5.84 Å². The first-order valence-corrected chi connectivity index (χ1v) is 4.55. The Labute approximate surface area is 79.3 Å². The molecule has 0 aliphatic heterocycles. The fourth-order valence-corrected chi connectivity index (χ4v) is 1.36. The van der Waals surface area contributed by atoms with E-state index in [0.29, 0.717) is 5.92 Å². The standard InChI is InChI=1S/C10H17N3/c1-7(2)10(13-11)9-6-4-5-8(3)12-9/h4-7,10,13H,11H2,1-3H3. The van der Waals surface area contributed by atoms with Gasteiger partial charge in [0, 0.05) is 5.69 Å². The summed E-state index contributed by atoms with van der Waals surface area (Å²) in [6, 6.07) is 6.12. The van der Waals surface area contributed by atoms with Crippen molar-refractivity contribution in [2.24, 2.45) is 11.8 Å². The fourth-order valence-electron chi connectivity index (χ4n) is 1.36. The van der Waals surface area contributed by atoms with Crippen LogP contribution in [0.15, 0.2) is 18.2 Å². The van der Waals surface area contributed by atoms with Gasteiger partial charge in [0.1, 0.15) is 0 Å². The van der Waals surface area contributed by atoms with Crippen LogP contribution in [0.4, 0.5) is 0 Å². The molecule has 0 fully saturated rings. The molecule has 1 rings (SSSR count). The van der Waals surface area contributed by atoms with Crippen molar-refractivity contribution >= 4 is 0 Å². The Morgan fingerprint density at radius 3 is 2.54 bits per heavy atom. The largest absolute Gasteiger partial charge is 0.271 e. The van der Waals surface area contributed by atoms with E-state index in [1.165, 1.54) is 0 Å². The van der Waals surface area contributed by atoms with Crippen molar-refractivity contribution in [2.45, 2.75) is 26.8 Å². The molecule has 0 aromatic carbocycles. The maximum atomic E-state index is 5.47. The average molecular weight is 179 g/mol. The minimum atomic E-state index is 0.139. The molecular formula is C10H17N3. The van der Waals surface area contributed by atoms with Crippen molar-refractivity contribution in [1.82, 2.24) is 10.4 Å². The van der Waals surface area contributed by atoms with E-state index in [-0.39, 0.29) is 6.04 Å². The van der Waals surface area contributed by atoms with Crippen LogP contribution in [0.5, 0.6) is 0 Å². The zero-order valence-electron chi connectivity index (χ0n) is 8.41. The summed E-state index contributed by atoms with van der Waals surface area (Å²) in [4.78, 5) is 4.42. The highest BCUT2D eigenvalue weighted by Crippen LogP contribution is 2.18. The normalized spacial score (nSPS) is 13.3. The molecule has 1 unspecified atom stereocenters. The van der Waals surface area contributed by atoms with E-state index in [1.807, 2.05) is 25.1 Å². The second kappa shape index (κ2) is 4.35. The van der Waals surface area contributed by atoms with Gasteiger partial charge in [0.2, 0.25) is 0 Å². The van der Waals surface area contributed by atoms with E-state index >= 15 is 0 Å². The molecule has 0 spiro atoms. The highest BCUT2D eigenvalue weighted by Gasteiger charge is 2.14. The molecule has 72 valence electrons. The van der Waals surface area contributed by atoms with Gasteiger partial charge in [-0.1, -0.05) is 19.9 Å². The zero-order valence-corrected chi connectivity index (χ0v) is 8.41. The van der Waals surface area contributed by atoms with Gasteiger partial charge in [-0.25, -0.2) is 0 Å². The van der Waals surface area contributed by atoms with Crippen LogP contribution in [-0.4, -0.2) is 4.98 Å². The first-order chi connectivity index (χ1) is 6.15. The summed E-state index contributed by atoms with van der Waals surface area (Å²) >= 11 is 0. The van der Waals surface area contributed by atoms with Crippen molar-refractivity contribution in [3.05, 3.63) is 29.6 Å². The van der Waals surface area contributed by atoms with Crippen LogP contribution >= 0.6 is 0 Å². The molecule has 0 bridgehead atoms. The second-order valence-electron chi connectivity index (χ2n) is 3.59. The molecule has 0 aliphatic rings. The molecule has 1 aromatic rings. The zero-order chi connectivity index (χ0) is 9.84. The lowest BCUT2D eigenvalue weighted by atomic mass is 10.0. The van der Waals surface area contributed by atoms with Gasteiger partial charge in [-0.05, 0) is 25.0 Å². The smallest absolute Gasteiger partial charge is 0.0655 e. The van der Waals surface area contributed by atoms with Crippen molar-refractivity contribution in [3.63, 3.8) is 0 Å². The monoisotopic (exact) mass is 179 g/mol. The number of rotatable bonds is 3. The van der Waals surface area contributed by atoms with E-state index in [0.717, 1.165) is 11.4 Å². The molecule has 0 saturated heterocycles. The van der Waals surface area contributed by atoms with E-state index in [2.05, 4.69) is 24.3 Å². The summed E-state index contributed by atoms with van der Waals surface area (Å²) in [7, 11) is 0. The fraction of sp³-hybridized carbons (Fsp3) is 0.500. The Morgan fingerprint density at radius 2 is 2.08 bits per heavy atom. The summed E-state index contributed by atoms with van der Waals surface area (Å²) in [5.41, 5.74) is 4.82. The molecule has 1 heterocycles. The minimum absolute atomic E-state index is 0.139. The quantitative estimate of drug-likeness (QED) is 0.546. The molecular weight excluding hydrogens is 162 g/mol. The molecule has 0 aliphatic carbocycles. The maximum absolute atomic E-state index is 5.47. The van der Waals surface area contributed by atoms with Crippen LogP contribution in [0.1, 0.15) is 31.3 Å². The number of pyridine rings is 1. The Hall–Kier alpha value is -0.930. The van der Waals surface area contributed by atoms with E-state index in [9.17, 15) is 0 Å². The number of hydrogen-bond donors (Lipinski definition) is 2. The first kappa shape index (κ1) is 10.2. The van der Waals surface area contributed by atoms with E-state index in [1.54, 1.807) is 0 Å². The highest BCUT2D eigenvalue weighted by atomic mass is 15.2. The Balaban J connectivity index is 2.91. The summed E-state index contributed by atoms with van der Waals surface area (Å²) < 4.78 is 0.